The molecule has 0 unspecified atom stereocenters. The second-order valence-corrected chi connectivity index (χ2v) is 9.73. The van der Waals surface area contributed by atoms with Crippen LogP contribution in [-0.4, -0.2) is 34.3 Å². The van der Waals surface area contributed by atoms with E-state index in [4.69, 9.17) is 9.47 Å². The zero-order valence-electron chi connectivity index (χ0n) is 21.2. The van der Waals surface area contributed by atoms with Crippen LogP contribution in [0.5, 0.6) is 11.5 Å². The number of nitro groups is 1. The number of hydrogen-bond acceptors (Lipinski definition) is 9. The Morgan fingerprint density at radius 2 is 1.97 bits per heavy atom. The van der Waals surface area contributed by atoms with E-state index in [9.17, 15) is 24.8 Å². The average molecular weight is 546 g/mol. The maximum Gasteiger partial charge on any atom is 0.338 e. The van der Waals surface area contributed by atoms with E-state index in [0.29, 0.717) is 10.5 Å². The molecule has 5 rings (SSSR count). The Kier molecular flexibility index (Phi) is 6.75. The number of nitro benzene ring substituents is 1. The highest BCUT2D eigenvalue weighted by Crippen LogP contribution is 2.37. The minimum absolute atomic E-state index is 0.0997. The molecule has 11 heteroatoms. The van der Waals surface area contributed by atoms with Gasteiger partial charge in [0.2, 0.25) is 5.75 Å². The maximum absolute atomic E-state index is 13.9. The van der Waals surface area contributed by atoms with Gasteiger partial charge in [0, 0.05) is 6.07 Å². The van der Waals surface area contributed by atoms with Crippen LogP contribution in [0.1, 0.15) is 31.0 Å². The summed E-state index contributed by atoms with van der Waals surface area (Å²) >= 11 is 1.09. The summed E-state index contributed by atoms with van der Waals surface area (Å²) in [5.41, 5.74) is 0.725. The van der Waals surface area contributed by atoms with Crippen molar-refractivity contribution >= 4 is 39.8 Å². The van der Waals surface area contributed by atoms with Gasteiger partial charge in [-0.1, -0.05) is 53.8 Å². The Bertz CT molecular complexity index is 1860. The van der Waals surface area contributed by atoms with Crippen LogP contribution in [-0.2, 0) is 9.53 Å². The van der Waals surface area contributed by atoms with E-state index >= 15 is 0 Å². The van der Waals surface area contributed by atoms with Crippen LogP contribution in [0.15, 0.2) is 75.7 Å². The third-order valence-electron chi connectivity index (χ3n) is 6.43. The summed E-state index contributed by atoms with van der Waals surface area (Å²) in [6.07, 6.45) is 1.47. The van der Waals surface area contributed by atoms with Crippen molar-refractivity contribution in [1.29, 1.82) is 0 Å². The number of nitrogens with zero attached hydrogens (tertiary/aromatic N) is 3. The van der Waals surface area contributed by atoms with Crippen LogP contribution < -0.4 is 19.6 Å². The van der Waals surface area contributed by atoms with Gasteiger partial charge in [-0.25, -0.2) is 9.79 Å². The molecule has 198 valence electrons. The number of aromatic nitrogens is 1. The summed E-state index contributed by atoms with van der Waals surface area (Å²) in [6, 6.07) is 15.1. The number of hydrogen-bond donors (Lipinski definition) is 1. The Balaban J connectivity index is 1.79. The predicted octanol–water partition coefficient (Wildman–Crippen LogP) is 3.57. The summed E-state index contributed by atoms with van der Waals surface area (Å²) in [5.74, 6) is -1.27. The number of esters is 1. The highest BCUT2D eigenvalue weighted by Gasteiger charge is 2.34. The van der Waals surface area contributed by atoms with Gasteiger partial charge in [-0.15, -0.1) is 0 Å². The highest BCUT2D eigenvalue weighted by molar-refractivity contribution is 7.07. The molecule has 0 spiro atoms. The fourth-order valence-corrected chi connectivity index (χ4v) is 5.76. The van der Waals surface area contributed by atoms with Gasteiger partial charge in [-0.3, -0.25) is 19.5 Å². The van der Waals surface area contributed by atoms with Crippen molar-refractivity contribution in [1.82, 2.24) is 4.57 Å². The van der Waals surface area contributed by atoms with Gasteiger partial charge in [-0.05, 0) is 47.9 Å². The number of carbonyl (C=O) groups is 1. The molecule has 39 heavy (non-hydrogen) atoms. The van der Waals surface area contributed by atoms with Gasteiger partial charge in [0.1, 0.15) is 0 Å². The fraction of sp³-hybridized carbons (Fsp3) is 0.179. The van der Waals surface area contributed by atoms with Gasteiger partial charge in [-0.2, -0.15) is 0 Å². The van der Waals surface area contributed by atoms with E-state index in [0.717, 1.165) is 33.7 Å². The second-order valence-electron chi connectivity index (χ2n) is 8.72. The fourth-order valence-electron chi connectivity index (χ4n) is 4.72. The van der Waals surface area contributed by atoms with Crippen LogP contribution in [0.4, 0.5) is 5.69 Å². The quantitative estimate of drug-likeness (QED) is 0.222. The maximum atomic E-state index is 13.9. The number of rotatable bonds is 6. The molecule has 2 heterocycles. The van der Waals surface area contributed by atoms with E-state index in [1.54, 1.807) is 13.8 Å². The molecule has 10 nitrogen and oxygen atoms in total. The molecule has 1 aliphatic rings. The molecule has 4 aromatic rings. The first-order valence-corrected chi connectivity index (χ1v) is 12.8. The first kappa shape index (κ1) is 25.9. The summed E-state index contributed by atoms with van der Waals surface area (Å²) in [4.78, 5) is 42.8. The topological polar surface area (TPSA) is 133 Å². The molecule has 3 aromatic carbocycles. The zero-order valence-corrected chi connectivity index (χ0v) is 22.0. The number of ether oxygens (including phenoxy) is 2. The molecule has 0 saturated carbocycles. The van der Waals surface area contributed by atoms with Crippen molar-refractivity contribution in [2.75, 3.05) is 13.7 Å². The normalized spacial score (nSPS) is 15.2. The number of thiazole rings is 1. The minimum Gasteiger partial charge on any atom is -0.500 e. The lowest BCUT2D eigenvalue weighted by atomic mass is 9.91. The van der Waals surface area contributed by atoms with Crippen LogP contribution in [0.3, 0.4) is 0 Å². The molecule has 0 radical (unpaired) electrons. The molecule has 0 aliphatic carbocycles. The van der Waals surface area contributed by atoms with Crippen molar-refractivity contribution in [2.24, 2.45) is 4.99 Å². The summed E-state index contributed by atoms with van der Waals surface area (Å²) in [5, 5.41) is 23.4. The first-order valence-electron chi connectivity index (χ1n) is 12.0. The molecule has 0 amide bonds. The van der Waals surface area contributed by atoms with E-state index in [1.807, 2.05) is 42.5 Å². The third kappa shape index (κ3) is 4.46. The second kappa shape index (κ2) is 10.2. The molecule has 0 fully saturated rings. The van der Waals surface area contributed by atoms with E-state index in [1.165, 1.54) is 23.8 Å². The van der Waals surface area contributed by atoms with Crippen LogP contribution in [0.25, 0.3) is 16.8 Å². The van der Waals surface area contributed by atoms with Gasteiger partial charge in [0.25, 0.3) is 5.56 Å². The standard InChI is InChI=1S/C28H23N3O7S/c1-4-38-27(34)23-15(2)29-28-30(24(23)19-11-7-9-17-8-5-6-10-18(17)19)26(33)22(39-28)14-16-12-20(31(35)36)25(32)21(13-16)37-3/h5-14,24,32H,4H2,1-3H3/b22-14+/t24-/m0/s1. The lowest BCUT2D eigenvalue weighted by Crippen LogP contribution is -2.40. The summed E-state index contributed by atoms with van der Waals surface area (Å²) < 4.78 is 12.2. The van der Waals surface area contributed by atoms with Crippen LogP contribution >= 0.6 is 11.3 Å². The molecule has 0 saturated heterocycles. The molecule has 0 bridgehead atoms. The molecule has 1 N–H and O–H groups in total. The van der Waals surface area contributed by atoms with E-state index in [2.05, 4.69) is 4.99 Å². The molecular formula is C28H23N3O7S. The van der Waals surface area contributed by atoms with Crippen LogP contribution in [0.2, 0.25) is 0 Å². The number of methoxy groups -OCH3 is 1. The van der Waals surface area contributed by atoms with Gasteiger partial charge >= 0.3 is 11.7 Å². The zero-order chi connectivity index (χ0) is 27.8. The van der Waals surface area contributed by atoms with Crippen molar-refractivity contribution < 1.29 is 24.3 Å². The van der Waals surface area contributed by atoms with E-state index in [-0.39, 0.29) is 28.0 Å². The van der Waals surface area contributed by atoms with E-state index < -0.39 is 33.9 Å². The monoisotopic (exact) mass is 545 g/mol. The molecule has 1 aliphatic heterocycles. The predicted molar refractivity (Wildman–Crippen MR) is 146 cm³/mol. The van der Waals surface area contributed by atoms with Gasteiger partial charge < -0.3 is 14.6 Å². The van der Waals surface area contributed by atoms with Crippen molar-refractivity contribution in [3.8, 4) is 11.5 Å². The Morgan fingerprint density at radius 3 is 2.69 bits per heavy atom. The highest BCUT2D eigenvalue weighted by atomic mass is 32.1. The van der Waals surface area contributed by atoms with Gasteiger partial charge in [0.05, 0.1) is 40.5 Å². The minimum atomic E-state index is -0.808. The summed E-state index contributed by atoms with van der Waals surface area (Å²) in [7, 11) is 1.28. The number of phenols is 1. The lowest BCUT2D eigenvalue weighted by molar-refractivity contribution is -0.386. The number of allylic oxidation sites excluding steroid dienone is 1. The molecular weight excluding hydrogens is 522 g/mol. The SMILES string of the molecule is CCOC(=O)C1=C(C)N=c2s/c(=C/c3cc(OC)c(O)c([N+](=O)[O-])c3)c(=O)n2[C@H]1c1cccc2ccccc12. The molecule has 1 aromatic heterocycles. The number of benzene rings is 3. The average Bonchev–Trinajstić information content (AvgIpc) is 3.22. The van der Waals surface area contributed by atoms with Crippen molar-refractivity contribution in [2.45, 2.75) is 19.9 Å². The summed E-state index contributed by atoms with van der Waals surface area (Å²) in [6.45, 7) is 3.57. The number of phenolic OH excluding ortho intramolecular Hbond substituents is 1. The first-order chi connectivity index (χ1) is 18.7. The van der Waals surface area contributed by atoms with Crippen molar-refractivity contribution in [3.05, 3.63) is 107 Å². The number of aromatic hydroxyl groups is 1. The van der Waals surface area contributed by atoms with Crippen molar-refractivity contribution in [3.63, 3.8) is 0 Å². The van der Waals surface area contributed by atoms with Gasteiger partial charge in [0.15, 0.2) is 10.6 Å². The largest absolute Gasteiger partial charge is 0.500 e. The third-order valence-corrected chi connectivity index (χ3v) is 7.41. The number of carbonyl (C=O) groups excluding carboxylic acids is 1. The Hall–Kier alpha value is -4.77. The van der Waals surface area contributed by atoms with Crippen LogP contribution in [0, 0.1) is 10.1 Å². The Labute approximate surface area is 225 Å². The smallest absolute Gasteiger partial charge is 0.338 e. The number of fused-ring (bicyclic) bond motifs is 2. The Morgan fingerprint density at radius 1 is 1.23 bits per heavy atom. The molecule has 1 atom stereocenters. The lowest BCUT2D eigenvalue weighted by Gasteiger charge is -2.25.